The lowest BCUT2D eigenvalue weighted by Gasteiger charge is -2.35. The van der Waals surface area contributed by atoms with Crippen molar-refractivity contribution in [2.45, 2.75) is 12.5 Å². The molecule has 3 aromatic rings. The lowest BCUT2D eigenvalue weighted by molar-refractivity contribution is 0.154. The van der Waals surface area contributed by atoms with Crippen molar-refractivity contribution in [2.75, 3.05) is 18.1 Å². The minimum absolute atomic E-state index is 0.0234. The first-order chi connectivity index (χ1) is 13.5. The molecule has 1 aliphatic heterocycles. The summed E-state index contributed by atoms with van der Waals surface area (Å²) >= 11 is 0. The van der Waals surface area contributed by atoms with Gasteiger partial charge in [0.25, 0.3) is 5.56 Å². The van der Waals surface area contributed by atoms with Crippen LogP contribution in [0.5, 0.6) is 0 Å². The van der Waals surface area contributed by atoms with Crippen LogP contribution in [-0.2, 0) is 11.2 Å². The predicted molar refractivity (Wildman–Crippen MR) is 98.0 cm³/mol. The Kier molecular flexibility index (Phi) is 4.52. The number of carbonyl (C=O) groups is 1. The predicted octanol–water partition coefficient (Wildman–Crippen LogP) is 2.40. The van der Waals surface area contributed by atoms with Crippen molar-refractivity contribution in [3.8, 4) is 0 Å². The summed E-state index contributed by atoms with van der Waals surface area (Å²) in [5.41, 5.74) is 6.14. The monoisotopic (exact) mass is 386 g/mol. The molecule has 1 aromatic heterocycles. The molecular formula is C19H16F2N4O3. The summed E-state index contributed by atoms with van der Waals surface area (Å²) in [7, 11) is 0. The van der Waals surface area contributed by atoms with Crippen molar-refractivity contribution in [1.82, 2.24) is 10.2 Å². The number of aromatic nitrogens is 2. The lowest BCUT2D eigenvalue weighted by atomic mass is 9.92. The molecule has 0 radical (unpaired) electrons. The van der Waals surface area contributed by atoms with Gasteiger partial charge in [-0.05, 0) is 29.8 Å². The zero-order chi connectivity index (χ0) is 19.8. The SMILES string of the molecule is NCCOC(=O)N1c2cc(F)cc3c(=O)[nH]nc(c23)C[C@H]1c1ccc(F)cc1. The summed E-state index contributed by atoms with van der Waals surface area (Å²) in [6.07, 6.45) is -0.507. The number of nitrogens with zero attached hydrogens (tertiary/aromatic N) is 2. The smallest absolute Gasteiger partial charge is 0.414 e. The molecule has 2 aromatic carbocycles. The number of carbonyl (C=O) groups excluding carboxylic acids is 1. The Morgan fingerprint density at radius 2 is 2.00 bits per heavy atom. The van der Waals surface area contributed by atoms with E-state index in [1.165, 1.54) is 29.2 Å². The lowest BCUT2D eigenvalue weighted by Crippen LogP contribution is -2.40. The summed E-state index contributed by atoms with van der Waals surface area (Å²) < 4.78 is 32.8. The van der Waals surface area contributed by atoms with Gasteiger partial charge in [0.05, 0.1) is 22.8 Å². The molecule has 1 amide bonds. The third-order valence-electron chi connectivity index (χ3n) is 4.66. The van der Waals surface area contributed by atoms with Crippen LogP contribution in [0.25, 0.3) is 10.8 Å². The van der Waals surface area contributed by atoms with Gasteiger partial charge in [-0.1, -0.05) is 12.1 Å². The Balaban J connectivity index is 1.94. The zero-order valence-electron chi connectivity index (χ0n) is 14.6. The van der Waals surface area contributed by atoms with Crippen LogP contribution < -0.4 is 16.2 Å². The molecule has 0 bridgehead atoms. The van der Waals surface area contributed by atoms with E-state index >= 15 is 0 Å². The fourth-order valence-electron chi connectivity index (χ4n) is 3.48. The summed E-state index contributed by atoms with van der Waals surface area (Å²) in [6.45, 7) is 0.0988. The number of hydrogen-bond donors (Lipinski definition) is 2. The molecule has 2 heterocycles. The second-order valence-corrected chi connectivity index (χ2v) is 6.39. The first-order valence-corrected chi connectivity index (χ1v) is 8.62. The number of benzene rings is 2. The van der Waals surface area contributed by atoms with E-state index < -0.39 is 29.3 Å². The number of aromatic amines is 1. The maximum Gasteiger partial charge on any atom is 0.414 e. The van der Waals surface area contributed by atoms with Crippen molar-refractivity contribution in [2.24, 2.45) is 5.73 Å². The number of nitrogens with one attached hydrogen (secondary N) is 1. The Morgan fingerprint density at radius 3 is 2.71 bits per heavy atom. The van der Waals surface area contributed by atoms with Gasteiger partial charge >= 0.3 is 6.09 Å². The topological polar surface area (TPSA) is 101 Å². The van der Waals surface area contributed by atoms with Gasteiger partial charge in [0.1, 0.15) is 18.2 Å². The summed E-state index contributed by atoms with van der Waals surface area (Å²) in [5.74, 6) is -1.10. The van der Waals surface area contributed by atoms with Crippen LogP contribution >= 0.6 is 0 Å². The molecule has 0 spiro atoms. The highest BCUT2D eigenvalue weighted by atomic mass is 19.1. The van der Waals surface area contributed by atoms with Gasteiger partial charge in [-0.2, -0.15) is 5.10 Å². The molecule has 7 nitrogen and oxygen atoms in total. The minimum atomic E-state index is -0.738. The first kappa shape index (κ1) is 18.1. The molecule has 28 heavy (non-hydrogen) atoms. The standard InChI is InChI=1S/C19H16F2N4O3/c20-11-3-1-10(2-4-11)15-9-14-17-13(18(26)24-23-14)7-12(21)8-16(17)25(15)19(27)28-6-5-22/h1-4,7-8,15H,5-6,9,22H2,(H,24,26)/t15-/m0/s1. The van der Waals surface area contributed by atoms with E-state index in [4.69, 9.17) is 10.5 Å². The Bertz CT molecular complexity index is 1110. The Hall–Kier alpha value is -3.33. The molecule has 0 saturated heterocycles. The molecule has 0 unspecified atom stereocenters. The van der Waals surface area contributed by atoms with Crippen LogP contribution in [0.15, 0.2) is 41.2 Å². The molecule has 4 rings (SSSR count). The second kappa shape index (κ2) is 7.01. The van der Waals surface area contributed by atoms with Crippen LogP contribution in [0, 0.1) is 11.6 Å². The van der Waals surface area contributed by atoms with Gasteiger partial charge in [0.15, 0.2) is 0 Å². The first-order valence-electron chi connectivity index (χ1n) is 8.62. The highest BCUT2D eigenvalue weighted by molar-refractivity contribution is 6.04. The van der Waals surface area contributed by atoms with E-state index in [1.807, 2.05) is 0 Å². The van der Waals surface area contributed by atoms with Crippen molar-refractivity contribution >= 4 is 22.6 Å². The maximum atomic E-state index is 14.3. The Labute approximate surface area is 157 Å². The second-order valence-electron chi connectivity index (χ2n) is 6.39. The van der Waals surface area contributed by atoms with Crippen LogP contribution in [0.3, 0.4) is 0 Å². The van der Waals surface area contributed by atoms with Gasteiger partial charge in [-0.25, -0.2) is 18.7 Å². The van der Waals surface area contributed by atoms with Crippen molar-refractivity contribution < 1.29 is 18.3 Å². The largest absolute Gasteiger partial charge is 0.448 e. The van der Waals surface area contributed by atoms with Gasteiger partial charge in [0, 0.05) is 18.4 Å². The van der Waals surface area contributed by atoms with Gasteiger partial charge in [-0.15, -0.1) is 0 Å². The van der Waals surface area contributed by atoms with E-state index in [0.717, 1.165) is 12.1 Å². The quantitative estimate of drug-likeness (QED) is 0.720. The number of anilines is 1. The van der Waals surface area contributed by atoms with E-state index in [0.29, 0.717) is 16.6 Å². The van der Waals surface area contributed by atoms with Gasteiger partial charge < -0.3 is 10.5 Å². The molecule has 0 aliphatic carbocycles. The van der Waals surface area contributed by atoms with Crippen molar-refractivity contribution in [1.29, 1.82) is 0 Å². The molecule has 9 heteroatoms. The van der Waals surface area contributed by atoms with E-state index in [9.17, 15) is 18.4 Å². The van der Waals surface area contributed by atoms with Crippen LogP contribution in [0.4, 0.5) is 19.3 Å². The molecule has 0 fully saturated rings. The third-order valence-corrected chi connectivity index (χ3v) is 4.66. The third kappa shape index (κ3) is 2.99. The molecule has 144 valence electrons. The number of rotatable bonds is 3. The number of nitrogens with two attached hydrogens (primary N) is 1. The maximum absolute atomic E-state index is 14.3. The average Bonchev–Trinajstić information content (AvgIpc) is 2.68. The molecule has 3 N–H and O–H groups in total. The summed E-state index contributed by atoms with van der Waals surface area (Å²) in [4.78, 5) is 26.2. The highest BCUT2D eigenvalue weighted by Crippen LogP contribution is 2.41. The minimum Gasteiger partial charge on any atom is -0.448 e. The number of ether oxygens (including phenoxy) is 1. The van der Waals surface area contributed by atoms with Crippen molar-refractivity contribution in [3.63, 3.8) is 0 Å². The van der Waals surface area contributed by atoms with Crippen LogP contribution in [-0.4, -0.2) is 29.4 Å². The van der Waals surface area contributed by atoms with Crippen LogP contribution in [0.1, 0.15) is 17.3 Å². The Morgan fingerprint density at radius 1 is 1.25 bits per heavy atom. The van der Waals surface area contributed by atoms with E-state index in [1.54, 1.807) is 0 Å². The van der Waals surface area contributed by atoms with Gasteiger partial charge in [-0.3, -0.25) is 9.69 Å². The molecule has 0 saturated carbocycles. The summed E-state index contributed by atoms with van der Waals surface area (Å²) in [6, 6.07) is 7.26. The van der Waals surface area contributed by atoms with Crippen molar-refractivity contribution in [3.05, 3.63) is 69.6 Å². The fraction of sp³-hybridized carbons (Fsp3) is 0.211. The molecule has 1 atom stereocenters. The van der Waals surface area contributed by atoms with E-state index in [-0.39, 0.29) is 30.6 Å². The summed E-state index contributed by atoms with van der Waals surface area (Å²) in [5, 5.41) is 6.92. The number of halogens is 2. The zero-order valence-corrected chi connectivity index (χ0v) is 14.6. The number of H-pyrrole nitrogens is 1. The number of amides is 1. The normalized spacial score (nSPS) is 15.7. The van der Waals surface area contributed by atoms with E-state index in [2.05, 4.69) is 10.2 Å². The highest BCUT2D eigenvalue weighted by Gasteiger charge is 2.36. The average molecular weight is 386 g/mol. The van der Waals surface area contributed by atoms with Gasteiger partial charge in [0.2, 0.25) is 0 Å². The number of hydrogen-bond acceptors (Lipinski definition) is 5. The molecular weight excluding hydrogens is 370 g/mol. The molecule has 1 aliphatic rings. The fourth-order valence-corrected chi connectivity index (χ4v) is 3.48. The van der Waals surface area contributed by atoms with Crippen LogP contribution in [0.2, 0.25) is 0 Å².